The second-order valence-electron chi connectivity index (χ2n) is 11.9. The van der Waals surface area contributed by atoms with E-state index in [2.05, 4.69) is 13.2 Å². The van der Waals surface area contributed by atoms with Crippen molar-refractivity contribution in [3.8, 4) is 23.0 Å². The molecule has 1 aliphatic rings. The van der Waals surface area contributed by atoms with Crippen LogP contribution in [0.2, 0.25) is 0 Å². The zero-order chi connectivity index (χ0) is 35.6. The molecule has 1 aliphatic carbocycles. The van der Waals surface area contributed by atoms with Gasteiger partial charge in [-0.3, -0.25) is 19.2 Å². The summed E-state index contributed by atoms with van der Waals surface area (Å²) in [6.07, 6.45) is 2.97. The lowest BCUT2D eigenvalue weighted by molar-refractivity contribution is -0.187. The van der Waals surface area contributed by atoms with E-state index in [9.17, 15) is 29.4 Å². The van der Waals surface area contributed by atoms with Gasteiger partial charge in [0.15, 0.2) is 0 Å². The smallest absolute Gasteiger partial charge is 0.308 e. The molecule has 0 saturated heterocycles. The summed E-state index contributed by atoms with van der Waals surface area (Å²) in [7, 11) is 0. The number of nitrogens with zero attached hydrogens (tertiary/aromatic N) is 2. The summed E-state index contributed by atoms with van der Waals surface area (Å²) in [5.41, 5.74) is 1.42. The van der Waals surface area contributed by atoms with Crippen molar-refractivity contribution in [1.82, 2.24) is 9.80 Å². The topological polar surface area (TPSA) is 134 Å². The van der Waals surface area contributed by atoms with Gasteiger partial charge in [-0.2, -0.15) is 0 Å². The van der Waals surface area contributed by atoms with E-state index in [1.807, 2.05) is 60.7 Å². The lowest BCUT2D eigenvalue weighted by Gasteiger charge is -2.48. The van der Waals surface area contributed by atoms with Gasteiger partial charge in [0.2, 0.25) is 11.8 Å². The van der Waals surface area contributed by atoms with Crippen LogP contribution in [-0.4, -0.2) is 56.9 Å². The fraction of sp³-hybridized carbons (Fsp3) is 0.200. The van der Waals surface area contributed by atoms with Crippen molar-refractivity contribution < 1.29 is 38.9 Å². The molecule has 0 atom stereocenters. The van der Waals surface area contributed by atoms with E-state index in [0.717, 1.165) is 0 Å². The molecule has 2 amide bonds. The Labute approximate surface area is 290 Å². The van der Waals surface area contributed by atoms with Gasteiger partial charge in [0, 0.05) is 26.2 Å². The molecule has 0 spiro atoms. The van der Waals surface area contributed by atoms with Crippen LogP contribution >= 0.6 is 0 Å². The van der Waals surface area contributed by atoms with Crippen LogP contribution in [0.5, 0.6) is 23.0 Å². The molecule has 50 heavy (non-hydrogen) atoms. The van der Waals surface area contributed by atoms with E-state index in [0.29, 0.717) is 34.1 Å². The highest BCUT2D eigenvalue weighted by molar-refractivity contribution is 5.99. The van der Waals surface area contributed by atoms with Gasteiger partial charge < -0.3 is 29.5 Å². The van der Waals surface area contributed by atoms with E-state index in [1.165, 1.54) is 22.0 Å². The van der Waals surface area contributed by atoms with Gasteiger partial charge in [-0.15, -0.1) is 13.2 Å². The highest BCUT2D eigenvalue weighted by Gasteiger charge is 2.64. The van der Waals surface area contributed by atoms with E-state index in [4.69, 9.17) is 9.47 Å². The molecule has 5 rings (SSSR count). The van der Waals surface area contributed by atoms with Crippen molar-refractivity contribution in [2.24, 2.45) is 23.7 Å². The van der Waals surface area contributed by atoms with Gasteiger partial charge in [0.25, 0.3) is 0 Å². The minimum Gasteiger partial charge on any atom is -0.481 e. The highest BCUT2D eigenvalue weighted by atomic mass is 16.5. The summed E-state index contributed by atoms with van der Waals surface area (Å²) in [6, 6.07) is 32.5. The number of carbonyl (C=O) groups is 4. The summed E-state index contributed by atoms with van der Waals surface area (Å²) in [6.45, 7) is 7.67. The highest BCUT2D eigenvalue weighted by Crippen LogP contribution is 2.49. The number of aliphatic carboxylic acids is 2. The molecule has 4 aromatic rings. The average molecular weight is 675 g/mol. The number of amides is 2. The number of carboxylic acid groups (broad SMARTS) is 2. The zero-order valence-electron chi connectivity index (χ0n) is 27.3. The van der Waals surface area contributed by atoms with Crippen LogP contribution in [-0.2, 0) is 32.3 Å². The third-order valence-electron chi connectivity index (χ3n) is 8.56. The van der Waals surface area contributed by atoms with Crippen molar-refractivity contribution in [1.29, 1.82) is 0 Å². The van der Waals surface area contributed by atoms with Crippen LogP contribution < -0.4 is 9.47 Å². The fourth-order valence-electron chi connectivity index (χ4n) is 6.19. The number of hydrogen-bond donors (Lipinski definition) is 2. The molecule has 10 nitrogen and oxygen atoms in total. The summed E-state index contributed by atoms with van der Waals surface area (Å²) < 4.78 is 11.7. The maximum atomic E-state index is 13.9. The SMILES string of the molecule is C=CCN(Cc1ccc(Oc2ccccc2)cc1)C(=O)[C@H]1[C@H](C(=O)O)[C@H](C(=O)N(CC=C)Cc2ccc(Oc3ccccc3)cc2)[C@H]1C(=O)O. The number of carboxylic acids is 2. The third kappa shape index (κ3) is 8.27. The van der Waals surface area contributed by atoms with Crippen LogP contribution in [0.1, 0.15) is 11.1 Å². The second kappa shape index (κ2) is 16.3. The molecule has 0 unspecified atom stereocenters. The van der Waals surface area contributed by atoms with Crippen LogP contribution in [0.4, 0.5) is 0 Å². The molecule has 0 aromatic heterocycles. The van der Waals surface area contributed by atoms with Crippen molar-refractivity contribution in [3.63, 3.8) is 0 Å². The van der Waals surface area contributed by atoms with E-state index in [-0.39, 0.29) is 26.2 Å². The van der Waals surface area contributed by atoms with Crippen molar-refractivity contribution in [3.05, 3.63) is 146 Å². The Kier molecular flexibility index (Phi) is 11.5. The first-order valence-electron chi connectivity index (χ1n) is 16.1. The number of para-hydroxylation sites is 2. The third-order valence-corrected chi connectivity index (χ3v) is 8.56. The van der Waals surface area contributed by atoms with Crippen LogP contribution in [0.3, 0.4) is 0 Å². The molecule has 0 heterocycles. The number of ether oxygens (including phenoxy) is 2. The van der Waals surface area contributed by atoms with E-state index in [1.54, 1.807) is 48.5 Å². The van der Waals surface area contributed by atoms with Gasteiger partial charge in [-0.1, -0.05) is 72.8 Å². The largest absolute Gasteiger partial charge is 0.481 e. The molecule has 10 heteroatoms. The van der Waals surface area contributed by atoms with Gasteiger partial charge in [-0.05, 0) is 59.7 Å². The molecule has 1 saturated carbocycles. The van der Waals surface area contributed by atoms with E-state index < -0.39 is 47.4 Å². The second-order valence-corrected chi connectivity index (χ2v) is 11.9. The maximum Gasteiger partial charge on any atom is 0.308 e. The monoisotopic (exact) mass is 674 g/mol. The lowest BCUT2D eigenvalue weighted by Crippen LogP contribution is -2.64. The maximum absolute atomic E-state index is 13.9. The van der Waals surface area contributed by atoms with E-state index >= 15 is 0 Å². The molecule has 0 radical (unpaired) electrons. The number of benzene rings is 4. The summed E-state index contributed by atoms with van der Waals surface area (Å²) in [5.74, 6) is -7.70. The van der Waals surface area contributed by atoms with Crippen molar-refractivity contribution in [2.75, 3.05) is 13.1 Å². The Morgan fingerprint density at radius 3 is 1.14 bits per heavy atom. The zero-order valence-corrected chi connectivity index (χ0v) is 27.3. The van der Waals surface area contributed by atoms with Crippen LogP contribution in [0.25, 0.3) is 0 Å². The Hall–Kier alpha value is -6.16. The summed E-state index contributed by atoms with van der Waals surface area (Å²) in [4.78, 5) is 55.9. The van der Waals surface area contributed by atoms with Crippen molar-refractivity contribution in [2.45, 2.75) is 13.1 Å². The average Bonchev–Trinajstić information content (AvgIpc) is 3.09. The summed E-state index contributed by atoms with van der Waals surface area (Å²) in [5, 5.41) is 20.6. The molecular weight excluding hydrogens is 636 g/mol. The van der Waals surface area contributed by atoms with Crippen LogP contribution in [0.15, 0.2) is 135 Å². The quantitative estimate of drug-likeness (QED) is 0.126. The molecular formula is C40H38N2O8. The Morgan fingerprint density at radius 2 is 0.840 bits per heavy atom. The molecule has 2 N–H and O–H groups in total. The van der Waals surface area contributed by atoms with Gasteiger partial charge >= 0.3 is 11.9 Å². The molecule has 0 bridgehead atoms. The molecule has 1 fully saturated rings. The fourth-order valence-corrected chi connectivity index (χ4v) is 6.19. The molecule has 0 aliphatic heterocycles. The Bertz CT molecular complexity index is 1670. The first kappa shape index (κ1) is 35.2. The Morgan fingerprint density at radius 1 is 0.520 bits per heavy atom. The normalized spacial score (nSPS) is 17.8. The number of carbonyl (C=O) groups excluding carboxylic acids is 2. The van der Waals surface area contributed by atoms with Gasteiger partial charge in [0.05, 0.1) is 23.7 Å². The molecule has 4 aromatic carbocycles. The minimum absolute atomic E-state index is 0.0431. The molecule has 256 valence electrons. The Balaban J connectivity index is 1.31. The lowest BCUT2D eigenvalue weighted by atomic mass is 9.55. The predicted octanol–water partition coefficient (Wildman–Crippen LogP) is 6.65. The number of rotatable bonds is 16. The first-order valence-corrected chi connectivity index (χ1v) is 16.1. The summed E-state index contributed by atoms with van der Waals surface area (Å²) >= 11 is 0. The minimum atomic E-state index is -1.54. The number of hydrogen-bond acceptors (Lipinski definition) is 6. The standard InChI is InChI=1S/C40H38N2O8/c1-3-23-41(25-27-15-19-31(20-16-27)49-29-11-7-5-8-12-29)37(43)33-35(39(45)46)34(36(33)40(47)48)38(44)42(24-4-2)26-28-17-21-32(22-18-28)50-30-13-9-6-10-14-30/h3-22,33-36H,1-2,23-26H2,(H,45,46)(H,47,48)/t33-,34-,35-,36-. The van der Waals surface area contributed by atoms with Crippen LogP contribution in [0, 0.1) is 23.7 Å². The van der Waals surface area contributed by atoms with Crippen molar-refractivity contribution >= 4 is 23.8 Å². The predicted molar refractivity (Wildman–Crippen MR) is 186 cm³/mol. The van der Waals surface area contributed by atoms with Gasteiger partial charge in [0.1, 0.15) is 23.0 Å². The first-order chi connectivity index (χ1) is 24.2. The van der Waals surface area contributed by atoms with Gasteiger partial charge in [-0.25, -0.2) is 0 Å².